The third kappa shape index (κ3) is 6.42. The number of carbonyl (C=O) groups is 1. The van der Waals surface area contributed by atoms with Crippen LogP contribution in [-0.2, 0) is 26.1 Å². The van der Waals surface area contributed by atoms with Gasteiger partial charge in [-0.25, -0.2) is 4.79 Å². The lowest BCUT2D eigenvalue weighted by molar-refractivity contribution is -0.136. The van der Waals surface area contributed by atoms with Crippen LogP contribution in [-0.4, -0.2) is 52.5 Å². The van der Waals surface area contributed by atoms with E-state index in [9.17, 15) is 18.3 Å². The Balaban J connectivity index is 1.78. The summed E-state index contributed by atoms with van der Waals surface area (Å²) >= 11 is 6.16. The molecule has 1 unspecified atom stereocenters. The number of aliphatic carboxylic acids is 1. The second-order valence-electron chi connectivity index (χ2n) is 8.05. The van der Waals surface area contributed by atoms with Gasteiger partial charge in [0.05, 0.1) is 24.9 Å². The van der Waals surface area contributed by atoms with Crippen LogP contribution in [0.15, 0.2) is 82.8 Å². The van der Waals surface area contributed by atoms with Crippen LogP contribution in [0.25, 0.3) is 0 Å². The molecule has 3 aromatic rings. The first-order valence-electron chi connectivity index (χ1n) is 11.2. The summed E-state index contributed by atoms with van der Waals surface area (Å²) in [6.07, 6.45) is 2.25. The fraction of sp³-hybridized carbons (Fsp3) is 0.231. The van der Waals surface area contributed by atoms with E-state index < -0.39 is 26.4 Å². The lowest BCUT2D eigenvalue weighted by Crippen LogP contribution is -2.53. The number of carboxylic acid groups (broad SMARTS) is 1. The molecule has 0 aliphatic rings. The molecular weight excluding hydrogens is 504 g/mol. The molecule has 0 aliphatic carbocycles. The molecule has 190 valence electrons. The Morgan fingerprint density at radius 1 is 1.08 bits per heavy atom. The Morgan fingerprint density at radius 3 is 2.47 bits per heavy atom. The smallest absolute Gasteiger partial charge is 0.360 e. The second-order valence-corrected chi connectivity index (χ2v) is 10.7. The van der Waals surface area contributed by atoms with Gasteiger partial charge in [0.25, 0.3) is 0 Å². The van der Waals surface area contributed by atoms with Gasteiger partial charge in [0.2, 0.25) is 0 Å². The van der Waals surface area contributed by atoms with Gasteiger partial charge >= 0.3 is 16.0 Å². The molecule has 0 spiro atoms. The number of carboxylic acids is 1. The molecule has 8 nitrogen and oxygen atoms in total. The molecule has 0 radical (unpaired) electrons. The first-order chi connectivity index (χ1) is 17.2. The number of rotatable bonds is 12. The van der Waals surface area contributed by atoms with Gasteiger partial charge in [0.1, 0.15) is 17.3 Å². The van der Waals surface area contributed by atoms with Crippen molar-refractivity contribution in [3.8, 4) is 5.75 Å². The van der Waals surface area contributed by atoms with Gasteiger partial charge in [-0.15, -0.1) is 0 Å². The Bertz CT molecular complexity index is 1330. The fourth-order valence-corrected chi connectivity index (χ4v) is 5.64. The third-order valence-corrected chi connectivity index (χ3v) is 8.24. The van der Waals surface area contributed by atoms with E-state index in [4.69, 9.17) is 21.2 Å². The summed E-state index contributed by atoms with van der Waals surface area (Å²) in [7, 11) is -2.89. The summed E-state index contributed by atoms with van der Waals surface area (Å²) in [4.78, 5) is 16.5. The fourth-order valence-electron chi connectivity index (χ4n) is 3.54. The largest absolute Gasteiger partial charge is 0.493 e. The first kappa shape index (κ1) is 27.2. The van der Waals surface area contributed by atoms with Crippen molar-refractivity contribution in [1.82, 2.24) is 3.89 Å². The zero-order valence-corrected chi connectivity index (χ0v) is 21.6. The number of oxime groups is 1. The van der Waals surface area contributed by atoms with Crippen molar-refractivity contribution in [3.05, 3.63) is 88.9 Å². The maximum atomic E-state index is 13.6. The molecule has 0 saturated heterocycles. The highest BCUT2D eigenvalue weighted by Gasteiger charge is 2.44. The molecule has 3 aromatic carbocycles. The number of hydrogen-bond acceptors (Lipinski definition) is 6. The van der Waals surface area contributed by atoms with Crippen molar-refractivity contribution < 1.29 is 27.9 Å². The maximum Gasteiger partial charge on any atom is 0.360 e. The lowest BCUT2D eigenvalue weighted by atomic mass is 10.1. The molecule has 1 atom stereocenters. The van der Waals surface area contributed by atoms with Crippen molar-refractivity contribution in [2.75, 3.05) is 26.8 Å². The number of hydrogen-bond donors (Lipinski definition) is 1. The molecular formula is C26H28ClN2O6S+. The summed E-state index contributed by atoms with van der Waals surface area (Å²) in [5.74, 6) is -0.841. The van der Waals surface area contributed by atoms with Gasteiger partial charge in [-0.2, -0.15) is 12.3 Å². The number of likely N-dealkylation sites (N-methyl/N-ethyl adjacent to an activating group) is 1. The van der Waals surface area contributed by atoms with Crippen LogP contribution in [0.4, 0.5) is 5.69 Å². The van der Waals surface area contributed by atoms with E-state index in [-0.39, 0.29) is 15.6 Å². The standard InChI is InChI=1S/C26H27ClN2O6S/c1-3-35-28-18-21-13-11-20(12-14-21)15-16-34-23-8-6-7-22(17-23)29(2,19-26(30)31)36(32,33)25-10-5-4-9-24(25)27/h4-14,17-18H,3,15-16,19H2,1-2H3/p+1. The molecule has 0 aliphatic heterocycles. The van der Waals surface area contributed by atoms with Gasteiger partial charge in [0, 0.05) is 18.6 Å². The Hall–Kier alpha value is -3.40. The van der Waals surface area contributed by atoms with Gasteiger partial charge in [0.15, 0.2) is 12.2 Å². The molecule has 36 heavy (non-hydrogen) atoms. The first-order valence-corrected chi connectivity index (χ1v) is 13.0. The minimum absolute atomic E-state index is 0.0230. The minimum Gasteiger partial charge on any atom is -0.493 e. The molecule has 0 fully saturated rings. The van der Waals surface area contributed by atoms with Crippen molar-refractivity contribution in [2.24, 2.45) is 5.16 Å². The summed E-state index contributed by atoms with van der Waals surface area (Å²) in [6.45, 7) is 2.01. The van der Waals surface area contributed by atoms with Gasteiger partial charge < -0.3 is 14.7 Å². The van der Waals surface area contributed by atoms with Crippen LogP contribution in [0.1, 0.15) is 18.1 Å². The molecule has 1 N–H and O–H groups in total. The Kier molecular flexibility index (Phi) is 9.08. The maximum absolute atomic E-state index is 13.6. The monoisotopic (exact) mass is 531 g/mol. The third-order valence-electron chi connectivity index (χ3n) is 5.49. The number of ether oxygens (including phenoxy) is 1. The molecule has 0 amide bonds. The van der Waals surface area contributed by atoms with E-state index >= 15 is 0 Å². The normalized spacial score (nSPS) is 13.3. The number of benzene rings is 3. The van der Waals surface area contributed by atoms with Crippen LogP contribution >= 0.6 is 11.6 Å². The average Bonchev–Trinajstić information content (AvgIpc) is 2.85. The number of quaternary nitrogens is 1. The van der Waals surface area contributed by atoms with Crippen LogP contribution in [0.5, 0.6) is 5.75 Å². The van der Waals surface area contributed by atoms with Crippen LogP contribution in [0.3, 0.4) is 0 Å². The molecule has 0 heterocycles. The predicted octanol–water partition coefficient (Wildman–Crippen LogP) is 4.74. The summed E-state index contributed by atoms with van der Waals surface area (Å²) in [5.41, 5.74) is 2.20. The molecule has 0 saturated carbocycles. The van der Waals surface area contributed by atoms with E-state index in [0.717, 1.165) is 11.1 Å². The van der Waals surface area contributed by atoms with Crippen LogP contribution in [0, 0.1) is 0 Å². The number of halogens is 1. The van der Waals surface area contributed by atoms with Crippen LogP contribution in [0.2, 0.25) is 5.02 Å². The quantitative estimate of drug-likeness (QED) is 0.206. The summed E-state index contributed by atoms with van der Waals surface area (Å²) < 4.78 is 32.2. The SMILES string of the molecule is CCON=Cc1ccc(CCOc2cccc([N+](C)(CC(=O)O)S(=O)(=O)c3ccccc3Cl)c2)cc1. The second kappa shape index (κ2) is 12.0. The molecule has 10 heteroatoms. The molecule has 0 aromatic heterocycles. The van der Waals surface area contributed by atoms with E-state index in [2.05, 4.69) is 5.16 Å². The van der Waals surface area contributed by atoms with E-state index in [1.165, 1.54) is 19.2 Å². The Labute approximate surface area is 216 Å². The van der Waals surface area contributed by atoms with Gasteiger partial charge in [-0.05, 0) is 36.2 Å². The topological polar surface area (TPSA) is 102 Å². The highest BCUT2D eigenvalue weighted by atomic mass is 35.5. The average molecular weight is 532 g/mol. The lowest BCUT2D eigenvalue weighted by Gasteiger charge is -2.31. The van der Waals surface area contributed by atoms with E-state index in [1.807, 2.05) is 31.2 Å². The van der Waals surface area contributed by atoms with Crippen LogP contribution < -0.4 is 8.63 Å². The summed E-state index contributed by atoms with van der Waals surface area (Å²) in [5, 5.41) is 13.4. The highest BCUT2D eigenvalue weighted by Crippen LogP contribution is 2.35. The van der Waals surface area contributed by atoms with Crippen molar-refractivity contribution >= 4 is 39.5 Å². The van der Waals surface area contributed by atoms with Gasteiger partial charge in [-0.1, -0.05) is 59.2 Å². The summed E-state index contributed by atoms with van der Waals surface area (Å²) in [6, 6.07) is 20.2. The van der Waals surface area contributed by atoms with Crippen molar-refractivity contribution in [2.45, 2.75) is 18.2 Å². The van der Waals surface area contributed by atoms with E-state index in [0.29, 0.717) is 25.4 Å². The molecule has 0 bridgehead atoms. The number of sulfonamides is 1. The van der Waals surface area contributed by atoms with E-state index in [1.54, 1.807) is 42.6 Å². The molecule has 3 rings (SSSR count). The minimum atomic E-state index is -4.22. The van der Waals surface area contributed by atoms with Gasteiger partial charge in [-0.3, -0.25) is 0 Å². The Morgan fingerprint density at radius 2 is 1.81 bits per heavy atom. The number of nitrogens with zero attached hydrogens (tertiary/aromatic N) is 2. The predicted molar refractivity (Wildman–Crippen MR) is 140 cm³/mol. The zero-order chi connectivity index (χ0) is 26.2. The highest BCUT2D eigenvalue weighted by molar-refractivity contribution is 7.91. The van der Waals surface area contributed by atoms with Crippen molar-refractivity contribution in [1.29, 1.82) is 0 Å². The van der Waals surface area contributed by atoms with Crippen molar-refractivity contribution in [3.63, 3.8) is 0 Å². The zero-order valence-electron chi connectivity index (χ0n) is 20.0.